The van der Waals surface area contributed by atoms with Gasteiger partial charge in [0.25, 0.3) is 0 Å². The highest BCUT2D eigenvalue weighted by Crippen LogP contribution is 2.19. The minimum atomic E-state index is 0.335. The highest BCUT2D eigenvalue weighted by Gasteiger charge is 2.04. The Hall–Kier alpha value is -2.17. The van der Waals surface area contributed by atoms with E-state index in [1.54, 1.807) is 19.6 Å². The number of methoxy groups -OCH3 is 1. The quantitative estimate of drug-likeness (QED) is 0.894. The summed E-state index contributed by atoms with van der Waals surface area (Å²) < 4.78 is 5.03. The van der Waals surface area contributed by atoms with E-state index in [0.717, 1.165) is 17.1 Å². The number of aromatic nitrogens is 3. The fourth-order valence-electron chi connectivity index (χ4n) is 1.54. The number of nitrogens with one attached hydrogen (secondary N) is 1. The average Bonchev–Trinajstić information content (AvgIpc) is 2.38. The Morgan fingerprint density at radius 1 is 1.17 bits per heavy atom. The van der Waals surface area contributed by atoms with E-state index in [4.69, 9.17) is 4.74 Å². The molecule has 2 aromatic heterocycles. The van der Waals surface area contributed by atoms with Crippen molar-refractivity contribution in [2.75, 3.05) is 12.4 Å². The van der Waals surface area contributed by atoms with Gasteiger partial charge in [0.05, 0.1) is 12.8 Å². The van der Waals surface area contributed by atoms with Crippen molar-refractivity contribution in [1.82, 2.24) is 15.0 Å². The predicted octanol–water partition coefficient (Wildman–Crippen LogP) is 2.37. The summed E-state index contributed by atoms with van der Waals surface area (Å²) in [6.07, 6.45) is 3.28. The second kappa shape index (κ2) is 5.44. The lowest BCUT2D eigenvalue weighted by Crippen LogP contribution is -2.11. The van der Waals surface area contributed by atoms with Crippen LogP contribution in [0.2, 0.25) is 0 Å². The summed E-state index contributed by atoms with van der Waals surface area (Å²) in [5.74, 6) is 1.40. The van der Waals surface area contributed by atoms with Gasteiger partial charge in [0, 0.05) is 29.9 Å². The summed E-state index contributed by atoms with van der Waals surface area (Å²) in [7, 11) is 1.59. The number of ether oxygens (including phenoxy) is 1. The molecule has 0 aliphatic carbocycles. The van der Waals surface area contributed by atoms with E-state index < -0.39 is 0 Å². The van der Waals surface area contributed by atoms with Gasteiger partial charge in [0.2, 0.25) is 5.88 Å². The van der Waals surface area contributed by atoms with Crippen molar-refractivity contribution in [3.63, 3.8) is 0 Å². The zero-order valence-electron chi connectivity index (χ0n) is 10.7. The van der Waals surface area contributed by atoms with Crippen LogP contribution in [0, 0.1) is 0 Å². The van der Waals surface area contributed by atoms with Gasteiger partial charge >= 0.3 is 0 Å². The van der Waals surface area contributed by atoms with Crippen molar-refractivity contribution < 1.29 is 4.74 Å². The van der Waals surface area contributed by atoms with Crippen LogP contribution in [0.1, 0.15) is 13.8 Å². The Labute approximate surface area is 106 Å². The van der Waals surface area contributed by atoms with Crippen LogP contribution in [0.25, 0.3) is 11.3 Å². The van der Waals surface area contributed by atoms with Crippen LogP contribution in [0.4, 0.5) is 5.82 Å². The monoisotopic (exact) mass is 244 g/mol. The number of pyridine rings is 1. The number of rotatable bonds is 4. The van der Waals surface area contributed by atoms with Crippen LogP contribution < -0.4 is 10.1 Å². The molecule has 1 N–H and O–H groups in total. The molecule has 0 unspecified atom stereocenters. The first kappa shape index (κ1) is 12.3. The maximum atomic E-state index is 5.03. The third-order valence-electron chi connectivity index (χ3n) is 2.34. The molecule has 94 valence electrons. The van der Waals surface area contributed by atoms with Gasteiger partial charge in [0.1, 0.15) is 12.1 Å². The van der Waals surface area contributed by atoms with E-state index >= 15 is 0 Å². The van der Waals surface area contributed by atoms with Gasteiger partial charge in [-0.15, -0.1) is 0 Å². The lowest BCUT2D eigenvalue weighted by molar-refractivity contribution is 0.398. The summed E-state index contributed by atoms with van der Waals surface area (Å²) in [5.41, 5.74) is 1.77. The highest BCUT2D eigenvalue weighted by molar-refractivity contribution is 5.61. The molecule has 18 heavy (non-hydrogen) atoms. The number of nitrogens with zero attached hydrogens (tertiary/aromatic N) is 3. The molecule has 0 aliphatic heterocycles. The van der Waals surface area contributed by atoms with Gasteiger partial charge < -0.3 is 10.1 Å². The minimum absolute atomic E-state index is 0.335. The third kappa shape index (κ3) is 2.94. The number of hydrogen-bond donors (Lipinski definition) is 1. The first-order valence-electron chi connectivity index (χ1n) is 5.78. The smallest absolute Gasteiger partial charge is 0.212 e. The van der Waals surface area contributed by atoms with E-state index in [9.17, 15) is 0 Å². The summed E-state index contributed by atoms with van der Waals surface area (Å²) in [6, 6.07) is 5.98. The van der Waals surface area contributed by atoms with Gasteiger partial charge in [-0.05, 0) is 19.9 Å². The highest BCUT2D eigenvalue weighted by atomic mass is 16.5. The van der Waals surface area contributed by atoms with Crippen molar-refractivity contribution in [2.24, 2.45) is 0 Å². The van der Waals surface area contributed by atoms with E-state index in [-0.39, 0.29) is 0 Å². The standard InChI is InChI=1S/C13H16N4O/c1-9(2)17-12-6-11(15-8-16-12)10-4-5-13(18-3)14-7-10/h4-9H,1-3H3,(H,15,16,17). The third-order valence-corrected chi connectivity index (χ3v) is 2.34. The SMILES string of the molecule is COc1ccc(-c2cc(NC(C)C)ncn2)cn1. The zero-order valence-corrected chi connectivity index (χ0v) is 10.7. The molecule has 0 fully saturated rings. The van der Waals surface area contributed by atoms with E-state index in [0.29, 0.717) is 11.9 Å². The molecule has 0 atom stereocenters. The molecule has 5 heteroatoms. The Bertz CT molecular complexity index is 511. The van der Waals surface area contributed by atoms with Crippen molar-refractivity contribution in [1.29, 1.82) is 0 Å². The van der Waals surface area contributed by atoms with Gasteiger partial charge in [0.15, 0.2) is 0 Å². The van der Waals surface area contributed by atoms with Crippen LogP contribution in [0.3, 0.4) is 0 Å². The Morgan fingerprint density at radius 3 is 2.61 bits per heavy atom. The fourth-order valence-corrected chi connectivity index (χ4v) is 1.54. The molecule has 2 rings (SSSR count). The molecule has 0 aliphatic rings. The first-order valence-corrected chi connectivity index (χ1v) is 5.78. The molecule has 0 amide bonds. The molecule has 2 aromatic rings. The lowest BCUT2D eigenvalue weighted by Gasteiger charge is -2.09. The van der Waals surface area contributed by atoms with E-state index in [1.165, 1.54) is 0 Å². The van der Waals surface area contributed by atoms with E-state index in [1.807, 2.05) is 18.2 Å². The van der Waals surface area contributed by atoms with Crippen LogP contribution in [-0.2, 0) is 0 Å². The molecular weight excluding hydrogens is 228 g/mol. The minimum Gasteiger partial charge on any atom is -0.481 e. The van der Waals surface area contributed by atoms with Gasteiger partial charge in [-0.2, -0.15) is 0 Å². The lowest BCUT2D eigenvalue weighted by atomic mass is 10.2. The number of anilines is 1. The molecule has 2 heterocycles. The molecule has 0 bridgehead atoms. The van der Waals surface area contributed by atoms with Crippen molar-refractivity contribution in [3.8, 4) is 17.1 Å². The first-order chi connectivity index (χ1) is 8.69. The van der Waals surface area contributed by atoms with Crippen LogP contribution in [0.5, 0.6) is 5.88 Å². The van der Waals surface area contributed by atoms with Crippen molar-refractivity contribution in [2.45, 2.75) is 19.9 Å². The summed E-state index contributed by atoms with van der Waals surface area (Å²) >= 11 is 0. The zero-order chi connectivity index (χ0) is 13.0. The normalized spacial score (nSPS) is 10.4. The molecule has 0 aromatic carbocycles. The maximum absolute atomic E-state index is 5.03. The van der Waals surface area contributed by atoms with Crippen molar-refractivity contribution >= 4 is 5.82 Å². The summed E-state index contributed by atoms with van der Waals surface area (Å²) in [6.45, 7) is 4.13. The van der Waals surface area contributed by atoms with Gasteiger partial charge in [-0.3, -0.25) is 0 Å². The van der Waals surface area contributed by atoms with Crippen LogP contribution in [0.15, 0.2) is 30.7 Å². The maximum Gasteiger partial charge on any atom is 0.212 e. The van der Waals surface area contributed by atoms with Crippen LogP contribution >= 0.6 is 0 Å². The molecule has 0 spiro atoms. The van der Waals surface area contributed by atoms with Gasteiger partial charge in [-0.1, -0.05) is 0 Å². The predicted molar refractivity (Wildman–Crippen MR) is 70.6 cm³/mol. The Kier molecular flexibility index (Phi) is 3.72. The molecule has 0 saturated carbocycles. The fraction of sp³-hybridized carbons (Fsp3) is 0.308. The van der Waals surface area contributed by atoms with E-state index in [2.05, 4.69) is 34.1 Å². The summed E-state index contributed by atoms with van der Waals surface area (Å²) in [4.78, 5) is 12.6. The van der Waals surface area contributed by atoms with Gasteiger partial charge in [-0.25, -0.2) is 15.0 Å². The largest absolute Gasteiger partial charge is 0.481 e. The van der Waals surface area contributed by atoms with Crippen molar-refractivity contribution in [3.05, 3.63) is 30.7 Å². The molecule has 5 nitrogen and oxygen atoms in total. The molecule has 0 radical (unpaired) electrons. The second-order valence-corrected chi connectivity index (χ2v) is 4.18. The topological polar surface area (TPSA) is 59.9 Å². The second-order valence-electron chi connectivity index (χ2n) is 4.18. The average molecular weight is 244 g/mol. The molecular formula is C13H16N4O. The summed E-state index contributed by atoms with van der Waals surface area (Å²) in [5, 5.41) is 3.24. The Morgan fingerprint density at radius 2 is 2.00 bits per heavy atom. The molecule has 0 saturated heterocycles. The number of hydrogen-bond acceptors (Lipinski definition) is 5. The Balaban J connectivity index is 2.26. The van der Waals surface area contributed by atoms with Crippen LogP contribution in [-0.4, -0.2) is 28.1 Å².